The number of aryl methyl sites for hydroxylation is 2. The quantitative estimate of drug-likeness (QED) is 0.412. The molecule has 1 fully saturated rings. The van der Waals surface area contributed by atoms with E-state index in [0.29, 0.717) is 12.1 Å². The number of hydrogen-bond acceptors (Lipinski definition) is 5. The maximum Gasteiger partial charge on any atom is 0.267 e. The fourth-order valence-corrected chi connectivity index (χ4v) is 9.88. The molecule has 0 saturated carbocycles. The number of nitrogens with one attached hydrogen (secondary N) is 2. The van der Waals surface area contributed by atoms with E-state index in [4.69, 9.17) is 23.2 Å². The molecule has 2 atom stereocenters. The Labute approximate surface area is 159 Å². The first-order valence-electron chi connectivity index (χ1n) is 7.91. The molecule has 1 aromatic heterocycles. The molecule has 0 aromatic carbocycles. The number of carbonyl (C=O) groups excluding carboxylic acids is 1. The molecule has 1 aliphatic rings. The van der Waals surface area contributed by atoms with Gasteiger partial charge < -0.3 is 0 Å². The molecule has 1 aromatic rings. The van der Waals surface area contributed by atoms with Crippen LogP contribution in [-0.2, 0) is 21.9 Å². The average Bonchev–Trinajstić information content (AvgIpc) is 2.76. The summed E-state index contributed by atoms with van der Waals surface area (Å²) < 4.78 is 28.2. The highest BCUT2D eigenvalue weighted by molar-refractivity contribution is 7.90. The summed E-state index contributed by atoms with van der Waals surface area (Å²) in [5, 5.41) is 6.64. The zero-order valence-corrected chi connectivity index (χ0v) is 18.3. The Balaban J connectivity index is 2.09. The molecule has 1 amide bonds. The first-order chi connectivity index (χ1) is 11.3. The number of nitrogens with zero attached hydrogens (tertiary/aromatic N) is 2. The van der Waals surface area contributed by atoms with Crippen LogP contribution in [-0.4, -0.2) is 43.2 Å². The Morgan fingerprint density at radius 1 is 1.40 bits per heavy atom. The second kappa shape index (κ2) is 6.84. The number of hydrogen-bond donors (Lipinski definition) is 2. The minimum atomic E-state index is -3.94. The third-order valence-corrected chi connectivity index (χ3v) is 11.4. The Hall–Kier alpha value is -0.613. The lowest BCUT2D eigenvalue weighted by Crippen LogP contribution is -2.69. The Kier molecular flexibility index (Phi) is 5.66. The first-order valence-corrected chi connectivity index (χ1v) is 13.8. The highest BCUT2D eigenvalue weighted by Gasteiger charge is 2.60. The van der Waals surface area contributed by atoms with Gasteiger partial charge in [-0.2, -0.15) is 5.10 Å². The van der Waals surface area contributed by atoms with Gasteiger partial charge in [-0.1, -0.05) is 19.6 Å². The van der Waals surface area contributed by atoms with Gasteiger partial charge in [0.1, 0.15) is 4.90 Å². The standard InChI is InChI=1S/C14H24Cl2N4O3SSi/c1-9-10(8-20(2)18-9)24(22,23)19-11(21)6-7-14(25(3,4)5)12(15)17-13(14)16/h8,12-13,17H,6-7H2,1-5H3,(H,19,21). The molecule has 142 valence electrons. The van der Waals surface area contributed by atoms with E-state index in [1.807, 2.05) is 0 Å². The van der Waals surface area contributed by atoms with Crippen molar-refractivity contribution >= 4 is 47.2 Å². The summed E-state index contributed by atoms with van der Waals surface area (Å²) in [6, 6.07) is 0. The van der Waals surface area contributed by atoms with Crippen LogP contribution in [0.15, 0.2) is 11.1 Å². The molecule has 11 heteroatoms. The molecule has 1 saturated heterocycles. The third kappa shape index (κ3) is 3.75. The number of aromatic nitrogens is 2. The van der Waals surface area contributed by atoms with Gasteiger partial charge in [-0.15, -0.1) is 23.2 Å². The van der Waals surface area contributed by atoms with Gasteiger partial charge in [-0.3, -0.25) is 14.8 Å². The lowest BCUT2D eigenvalue weighted by Gasteiger charge is -2.58. The van der Waals surface area contributed by atoms with Crippen molar-refractivity contribution in [3.05, 3.63) is 11.9 Å². The predicted molar refractivity (Wildman–Crippen MR) is 101 cm³/mol. The molecule has 0 spiro atoms. The molecule has 1 aliphatic heterocycles. The van der Waals surface area contributed by atoms with Crippen molar-refractivity contribution in [1.82, 2.24) is 19.8 Å². The van der Waals surface area contributed by atoms with Gasteiger partial charge in [0.05, 0.1) is 24.8 Å². The zero-order chi connectivity index (χ0) is 19.2. The van der Waals surface area contributed by atoms with E-state index in [1.165, 1.54) is 10.9 Å². The highest BCUT2D eigenvalue weighted by Crippen LogP contribution is 2.57. The molecule has 0 bridgehead atoms. The minimum absolute atomic E-state index is 0.000916. The molecule has 0 aliphatic carbocycles. The molecule has 2 heterocycles. The van der Waals surface area contributed by atoms with Crippen LogP contribution in [0.1, 0.15) is 18.5 Å². The number of alkyl halides is 2. The number of carbonyl (C=O) groups is 1. The summed E-state index contributed by atoms with van der Waals surface area (Å²) in [6.07, 6.45) is 1.84. The van der Waals surface area contributed by atoms with E-state index < -0.39 is 24.0 Å². The van der Waals surface area contributed by atoms with E-state index in [1.54, 1.807) is 14.0 Å². The van der Waals surface area contributed by atoms with Crippen LogP contribution in [0.3, 0.4) is 0 Å². The summed E-state index contributed by atoms with van der Waals surface area (Å²) in [6.45, 7) is 8.01. The van der Waals surface area contributed by atoms with Crippen molar-refractivity contribution in [3.8, 4) is 0 Å². The van der Waals surface area contributed by atoms with Gasteiger partial charge in [0, 0.05) is 24.7 Å². The summed E-state index contributed by atoms with van der Waals surface area (Å²) in [4.78, 5) is 12.3. The van der Waals surface area contributed by atoms with Crippen LogP contribution < -0.4 is 10.0 Å². The van der Waals surface area contributed by atoms with Crippen molar-refractivity contribution in [2.24, 2.45) is 7.05 Å². The van der Waals surface area contributed by atoms with E-state index in [2.05, 4.69) is 34.8 Å². The Bertz CT molecular complexity index is 768. The smallest absolute Gasteiger partial charge is 0.267 e. The first kappa shape index (κ1) is 20.7. The molecular weight excluding hydrogens is 403 g/mol. The Morgan fingerprint density at radius 2 is 1.96 bits per heavy atom. The summed E-state index contributed by atoms with van der Waals surface area (Å²) in [5.74, 6) is -0.569. The van der Waals surface area contributed by atoms with Gasteiger partial charge in [-0.25, -0.2) is 13.1 Å². The van der Waals surface area contributed by atoms with Crippen molar-refractivity contribution in [2.75, 3.05) is 0 Å². The van der Waals surface area contributed by atoms with E-state index in [0.717, 1.165) is 0 Å². The fraction of sp³-hybridized carbons (Fsp3) is 0.714. The normalized spacial score (nSPS) is 27.0. The van der Waals surface area contributed by atoms with E-state index in [-0.39, 0.29) is 27.4 Å². The van der Waals surface area contributed by atoms with E-state index >= 15 is 0 Å². The minimum Gasteiger partial charge on any atom is -0.285 e. The average molecular weight is 427 g/mol. The van der Waals surface area contributed by atoms with Crippen molar-refractivity contribution in [1.29, 1.82) is 0 Å². The monoisotopic (exact) mass is 426 g/mol. The van der Waals surface area contributed by atoms with Crippen molar-refractivity contribution in [3.63, 3.8) is 0 Å². The molecule has 25 heavy (non-hydrogen) atoms. The molecule has 2 unspecified atom stereocenters. The van der Waals surface area contributed by atoms with Gasteiger partial charge in [0.25, 0.3) is 10.0 Å². The van der Waals surface area contributed by atoms with Crippen molar-refractivity contribution in [2.45, 2.75) is 60.3 Å². The highest BCUT2D eigenvalue weighted by atomic mass is 35.5. The summed E-state index contributed by atoms with van der Waals surface area (Å²) in [7, 11) is -4.13. The lowest BCUT2D eigenvalue weighted by molar-refractivity contribution is -0.119. The van der Waals surface area contributed by atoms with Crippen LogP contribution >= 0.6 is 23.2 Å². The molecule has 2 N–H and O–H groups in total. The van der Waals surface area contributed by atoms with Gasteiger partial charge >= 0.3 is 0 Å². The number of sulfonamides is 1. The maximum absolute atomic E-state index is 12.4. The van der Waals surface area contributed by atoms with Gasteiger partial charge in [-0.05, 0) is 13.3 Å². The van der Waals surface area contributed by atoms with Gasteiger partial charge in [0.15, 0.2) is 0 Å². The van der Waals surface area contributed by atoms with Crippen LogP contribution in [0.5, 0.6) is 0 Å². The van der Waals surface area contributed by atoms with Crippen LogP contribution in [0.2, 0.25) is 24.7 Å². The van der Waals surface area contributed by atoms with Crippen LogP contribution in [0.25, 0.3) is 0 Å². The summed E-state index contributed by atoms with van der Waals surface area (Å²) >= 11 is 12.7. The number of amides is 1. The van der Waals surface area contributed by atoms with Gasteiger partial charge in [0.2, 0.25) is 5.91 Å². The van der Waals surface area contributed by atoms with Crippen LogP contribution in [0, 0.1) is 6.92 Å². The zero-order valence-electron chi connectivity index (χ0n) is 14.9. The number of rotatable bonds is 6. The SMILES string of the molecule is Cc1nn(C)cc1S(=O)(=O)NC(=O)CCC1([Si](C)(C)C)C(Cl)NC1Cl. The largest absolute Gasteiger partial charge is 0.285 e. The maximum atomic E-state index is 12.4. The number of halogens is 2. The molecular formula is C14H24Cl2N4O3SSi. The second-order valence-corrected chi connectivity index (χ2v) is 15.4. The fourth-order valence-electron chi connectivity index (χ4n) is 3.26. The summed E-state index contributed by atoms with van der Waals surface area (Å²) in [5.41, 5.74) is -0.288. The second-order valence-electron chi connectivity index (χ2n) is 7.46. The van der Waals surface area contributed by atoms with E-state index in [9.17, 15) is 13.2 Å². The van der Waals surface area contributed by atoms with Crippen LogP contribution in [0.4, 0.5) is 0 Å². The lowest BCUT2D eigenvalue weighted by atomic mass is 9.94. The molecule has 7 nitrogen and oxygen atoms in total. The Morgan fingerprint density at radius 3 is 2.36 bits per heavy atom. The molecule has 2 rings (SSSR count). The van der Waals surface area contributed by atoms with Crippen molar-refractivity contribution < 1.29 is 13.2 Å². The topological polar surface area (TPSA) is 93.1 Å². The third-order valence-electron chi connectivity index (χ3n) is 4.87. The molecule has 0 radical (unpaired) electrons. The predicted octanol–water partition coefficient (Wildman–Crippen LogP) is 2.13.